The van der Waals surface area contributed by atoms with Crippen LogP contribution in [0.2, 0.25) is 0 Å². The fraction of sp³-hybridized carbons (Fsp3) is 0. The molecule has 9 aromatic rings. The van der Waals surface area contributed by atoms with E-state index in [-0.39, 0.29) is 0 Å². The minimum atomic E-state index is 1.23. The highest BCUT2D eigenvalue weighted by Crippen LogP contribution is 2.40. The highest BCUT2D eigenvalue weighted by Gasteiger charge is 2.12. The van der Waals surface area contributed by atoms with E-state index in [1.807, 2.05) is 0 Å². The molecule has 0 saturated heterocycles. The van der Waals surface area contributed by atoms with E-state index in [1.165, 1.54) is 87.2 Å². The van der Waals surface area contributed by atoms with E-state index in [2.05, 4.69) is 170 Å². The highest BCUT2D eigenvalue weighted by molar-refractivity contribution is 6.24. The summed E-state index contributed by atoms with van der Waals surface area (Å²) in [6.07, 6.45) is 0. The summed E-state index contributed by atoms with van der Waals surface area (Å²) in [6, 6.07) is 62.4. The zero-order valence-corrected chi connectivity index (χ0v) is 24.2. The minimum Gasteiger partial charge on any atom is -0.0616 e. The highest BCUT2D eigenvalue weighted by atomic mass is 14.2. The molecule has 0 nitrogen and oxygen atoms in total. The third kappa shape index (κ3) is 4.07. The summed E-state index contributed by atoms with van der Waals surface area (Å²) < 4.78 is 0. The molecule has 0 N–H and O–H groups in total. The Labute approximate surface area is 256 Å². The van der Waals surface area contributed by atoms with E-state index in [0.29, 0.717) is 0 Å². The maximum atomic E-state index is 2.37. The first-order valence-electron chi connectivity index (χ1n) is 15.3. The summed E-state index contributed by atoms with van der Waals surface area (Å²) >= 11 is 0. The molecule has 0 heteroatoms. The van der Waals surface area contributed by atoms with Crippen LogP contribution in [0.4, 0.5) is 0 Å². The Balaban J connectivity index is 1.19. The van der Waals surface area contributed by atoms with Crippen LogP contribution in [0.15, 0.2) is 170 Å². The summed E-state index contributed by atoms with van der Waals surface area (Å²) in [6.45, 7) is 0. The van der Waals surface area contributed by atoms with Crippen molar-refractivity contribution in [2.45, 2.75) is 0 Å². The van der Waals surface area contributed by atoms with E-state index in [0.717, 1.165) is 0 Å². The van der Waals surface area contributed by atoms with Gasteiger partial charge in [0.05, 0.1) is 0 Å². The van der Waals surface area contributed by atoms with Crippen molar-refractivity contribution in [3.8, 4) is 33.4 Å². The average Bonchev–Trinajstić information content (AvgIpc) is 3.10. The van der Waals surface area contributed by atoms with Crippen molar-refractivity contribution < 1.29 is 0 Å². The predicted molar refractivity (Wildman–Crippen MR) is 190 cm³/mol. The zero-order chi connectivity index (χ0) is 29.0. The molecule has 0 aliphatic carbocycles. The molecule has 0 heterocycles. The molecule has 0 aromatic heterocycles. The molecule has 0 saturated carbocycles. The molecule has 0 spiro atoms. The van der Waals surface area contributed by atoms with Crippen molar-refractivity contribution in [1.29, 1.82) is 0 Å². The van der Waals surface area contributed by atoms with Crippen LogP contribution >= 0.6 is 0 Å². The van der Waals surface area contributed by atoms with Crippen LogP contribution in [0.25, 0.3) is 87.2 Å². The van der Waals surface area contributed by atoms with E-state index in [1.54, 1.807) is 0 Å². The van der Waals surface area contributed by atoms with Gasteiger partial charge in [-0.15, -0.1) is 0 Å². The fourth-order valence-corrected chi connectivity index (χ4v) is 6.95. The molecule has 0 atom stereocenters. The Hall–Kier alpha value is -5.72. The number of benzene rings is 9. The molecule has 0 radical (unpaired) electrons. The van der Waals surface area contributed by atoms with Gasteiger partial charge < -0.3 is 0 Å². The van der Waals surface area contributed by atoms with Crippen LogP contribution in [0.3, 0.4) is 0 Å². The Morgan fingerprint density at radius 2 is 0.727 bits per heavy atom. The maximum Gasteiger partial charge on any atom is -0.00206 e. The lowest BCUT2D eigenvalue weighted by atomic mass is 9.89. The van der Waals surface area contributed by atoms with Gasteiger partial charge in [-0.2, -0.15) is 0 Å². The molecule has 0 fully saturated rings. The molecular formula is C44H28. The van der Waals surface area contributed by atoms with Gasteiger partial charge in [0.25, 0.3) is 0 Å². The van der Waals surface area contributed by atoms with Crippen molar-refractivity contribution in [3.63, 3.8) is 0 Å². The van der Waals surface area contributed by atoms with Gasteiger partial charge in [0.15, 0.2) is 0 Å². The van der Waals surface area contributed by atoms with Crippen LogP contribution in [-0.4, -0.2) is 0 Å². The normalized spacial score (nSPS) is 11.6. The van der Waals surface area contributed by atoms with E-state index in [9.17, 15) is 0 Å². The topological polar surface area (TPSA) is 0 Å². The third-order valence-electron chi connectivity index (χ3n) is 9.18. The third-order valence-corrected chi connectivity index (χ3v) is 9.18. The number of fused-ring (bicyclic) bond motifs is 7. The average molecular weight is 557 g/mol. The second-order valence-corrected chi connectivity index (χ2v) is 11.8. The molecule has 0 aliphatic rings. The molecular weight excluding hydrogens is 528 g/mol. The van der Waals surface area contributed by atoms with Crippen molar-refractivity contribution in [1.82, 2.24) is 0 Å². The molecule has 0 aliphatic heterocycles. The number of rotatable bonds is 3. The minimum absolute atomic E-state index is 1.23. The summed E-state index contributed by atoms with van der Waals surface area (Å²) in [5, 5.41) is 12.8. The van der Waals surface area contributed by atoms with Crippen LogP contribution in [0.1, 0.15) is 0 Å². The summed E-state index contributed by atoms with van der Waals surface area (Å²) in [5.41, 5.74) is 7.44. The SMILES string of the molecule is c1cc(-c2ccc3ccccc3c2)cc(-c2ccc3ccc(-c4cc5ccccc5c5c4ccc4ccccc45)cc3c2)c1. The first-order chi connectivity index (χ1) is 21.8. The molecule has 0 bridgehead atoms. The Bertz CT molecular complexity index is 2540. The number of hydrogen-bond donors (Lipinski definition) is 0. The first kappa shape index (κ1) is 24.8. The van der Waals surface area contributed by atoms with Crippen molar-refractivity contribution in [2.24, 2.45) is 0 Å². The largest absolute Gasteiger partial charge is 0.0616 e. The zero-order valence-electron chi connectivity index (χ0n) is 24.2. The van der Waals surface area contributed by atoms with Gasteiger partial charge >= 0.3 is 0 Å². The van der Waals surface area contributed by atoms with Gasteiger partial charge in [-0.25, -0.2) is 0 Å². The Morgan fingerprint density at radius 3 is 1.48 bits per heavy atom. The van der Waals surface area contributed by atoms with Crippen molar-refractivity contribution in [3.05, 3.63) is 170 Å². The molecule has 204 valence electrons. The van der Waals surface area contributed by atoms with Crippen LogP contribution < -0.4 is 0 Å². The van der Waals surface area contributed by atoms with Gasteiger partial charge in [-0.05, 0) is 118 Å². The van der Waals surface area contributed by atoms with E-state index in [4.69, 9.17) is 0 Å². The van der Waals surface area contributed by atoms with Crippen molar-refractivity contribution >= 4 is 53.9 Å². The predicted octanol–water partition coefficient (Wildman–Crippen LogP) is 12.5. The van der Waals surface area contributed by atoms with Gasteiger partial charge in [0.1, 0.15) is 0 Å². The van der Waals surface area contributed by atoms with E-state index < -0.39 is 0 Å². The molecule has 44 heavy (non-hydrogen) atoms. The molecule has 9 rings (SSSR count). The van der Waals surface area contributed by atoms with Gasteiger partial charge in [-0.1, -0.05) is 140 Å². The monoisotopic (exact) mass is 556 g/mol. The second-order valence-electron chi connectivity index (χ2n) is 11.8. The van der Waals surface area contributed by atoms with Gasteiger partial charge in [-0.3, -0.25) is 0 Å². The summed E-state index contributed by atoms with van der Waals surface area (Å²) in [5.74, 6) is 0. The van der Waals surface area contributed by atoms with Crippen LogP contribution in [-0.2, 0) is 0 Å². The fourth-order valence-electron chi connectivity index (χ4n) is 6.95. The summed E-state index contributed by atoms with van der Waals surface area (Å²) in [4.78, 5) is 0. The second kappa shape index (κ2) is 9.93. The van der Waals surface area contributed by atoms with Gasteiger partial charge in [0.2, 0.25) is 0 Å². The smallest absolute Gasteiger partial charge is 0.00206 e. The lowest BCUT2D eigenvalue weighted by Gasteiger charge is -2.14. The van der Waals surface area contributed by atoms with Crippen LogP contribution in [0.5, 0.6) is 0 Å². The molecule has 0 amide bonds. The lowest BCUT2D eigenvalue weighted by Crippen LogP contribution is -1.87. The molecule has 0 unspecified atom stereocenters. The summed E-state index contributed by atoms with van der Waals surface area (Å²) in [7, 11) is 0. The Morgan fingerprint density at radius 1 is 0.227 bits per heavy atom. The maximum absolute atomic E-state index is 2.37. The van der Waals surface area contributed by atoms with Crippen molar-refractivity contribution in [2.75, 3.05) is 0 Å². The number of hydrogen-bond acceptors (Lipinski definition) is 0. The standard InChI is InChI=1S/C44H28/c1-2-10-32-24-35(19-16-29(32)8-1)33-12-7-13-34(25-33)36-20-17-30-18-21-38(27-39(30)26-36)43-28-37-11-4-6-15-41(37)44-40-14-5-3-9-31(40)22-23-42(43)44/h1-28H. The Kier molecular flexibility index (Phi) is 5.61. The molecule has 9 aromatic carbocycles. The first-order valence-corrected chi connectivity index (χ1v) is 15.3. The van der Waals surface area contributed by atoms with Crippen LogP contribution in [0, 0.1) is 0 Å². The van der Waals surface area contributed by atoms with E-state index >= 15 is 0 Å². The van der Waals surface area contributed by atoms with Gasteiger partial charge in [0, 0.05) is 0 Å². The lowest BCUT2D eigenvalue weighted by molar-refractivity contribution is 1.61. The quantitative estimate of drug-likeness (QED) is 0.190.